The van der Waals surface area contributed by atoms with Gasteiger partial charge < -0.3 is 14.7 Å². The van der Waals surface area contributed by atoms with E-state index >= 15 is 0 Å². The normalized spacial score (nSPS) is 18.2. The molecule has 0 unspecified atom stereocenters. The molecule has 1 aromatic rings. The second-order valence-electron chi connectivity index (χ2n) is 5.44. The SMILES string of the molecule is COCCS(=O)(=O)Nc1ccccc1C(=O)N1CCC[C@@H]1CO. The van der Waals surface area contributed by atoms with Crippen molar-refractivity contribution in [3.63, 3.8) is 0 Å². The van der Waals surface area contributed by atoms with Crippen molar-refractivity contribution < 1.29 is 23.1 Å². The summed E-state index contributed by atoms with van der Waals surface area (Å²) in [5.74, 6) is -0.457. The number of anilines is 1. The van der Waals surface area contributed by atoms with Crippen molar-refractivity contribution in [2.75, 3.05) is 37.3 Å². The van der Waals surface area contributed by atoms with Gasteiger partial charge in [0.15, 0.2) is 0 Å². The minimum Gasteiger partial charge on any atom is -0.394 e. The number of benzene rings is 1. The standard InChI is InChI=1S/C15H22N2O5S/c1-22-9-10-23(20,21)16-14-7-3-2-6-13(14)15(19)17-8-4-5-12(17)11-18/h2-3,6-7,12,16,18H,4-5,8-11H2,1H3/t12-/m1/s1. The molecule has 0 spiro atoms. The summed E-state index contributed by atoms with van der Waals surface area (Å²) in [5.41, 5.74) is 0.533. The summed E-state index contributed by atoms with van der Waals surface area (Å²) in [6.45, 7) is 0.548. The molecule has 2 rings (SSSR count). The number of sulfonamides is 1. The van der Waals surface area contributed by atoms with Crippen LogP contribution in [-0.4, -0.2) is 63.0 Å². The van der Waals surface area contributed by atoms with Gasteiger partial charge in [0.25, 0.3) is 5.91 Å². The van der Waals surface area contributed by atoms with E-state index in [0.717, 1.165) is 12.8 Å². The highest BCUT2D eigenvalue weighted by Gasteiger charge is 2.30. The third-order valence-corrected chi connectivity index (χ3v) is 5.06. The maximum atomic E-state index is 12.7. The number of ether oxygens (including phenoxy) is 1. The topological polar surface area (TPSA) is 95.9 Å². The fourth-order valence-electron chi connectivity index (χ4n) is 2.62. The van der Waals surface area contributed by atoms with E-state index in [1.54, 1.807) is 29.2 Å². The van der Waals surface area contributed by atoms with Gasteiger partial charge in [-0.1, -0.05) is 12.1 Å². The largest absolute Gasteiger partial charge is 0.394 e. The number of para-hydroxylation sites is 1. The van der Waals surface area contributed by atoms with Gasteiger partial charge in [-0.05, 0) is 25.0 Å². The van der Waals surface area contributed by atoms with Crippen molar-refractivity contribution >= 4 is 21.6 Å². The van der Waals surface area contributed by atoms with Gasteiger partial charge in [-0.3, -0.25) is 9.52 Å². The van der Waals surface area contributed by atoms with E-state index in [0.29, 0.717) is 6.54 Å². The average Bonchev–Trinajstić information content (AvgIpc) is 3.01. The Bertz CT molecular complexity index is 647. The van der Waals surface area contributed by atoms with E-state index in [9.17, 15) is 18.3 Å². The van der Waals surface area contributed by atoms with Crippen LogP contribution in [0.4, 0.5) is 5.69 Å². The molecule has 0 aliphatic carbocycles. The van der Waals surface area contributed by atoms with E-state index < -0.39 is 10.0 Å². The van der Waals surface area contributed by atoms with Crippen LogP contribution in [0.5, 0.6) is 0 Å². The van der Waals surface area contributed by atoms with Gasteiger partial charge in [0.1, 0.15) is 0 Å². The number of nitrogens with zero attached hydrogens (tertiary/aromatic N) is 1. The van der Waals surface area contributed by atoms with E-state index in [1.165, 1.54) is 7.11 Å². The molecule has 8 heteroatoms. The number of carbonyl (C=O) groups is 1. The minimum absolute atomic E-state index is 0.0736. The first-order chi connectivity index (χ1) is 11.0. The molecule has 128 valence electrons. The van der Waals surface area contributed by atoms with Gasteiger partial charge in [0.2, 0.25) is 10.0 Å². The molecular weight excluding hydrogens is 320 g/mol. The third-order valence-electron chi connectivity index (χ3n) is 3.83. The van der Waals surface area contributed by atoms with Gasteiger partial charge >= 0.3 is 0 Å². The average molecular weight is 342 g/mol. The van der Waals surface area contributed by atoms with E-state index in [4.69, 9.17) is 4.74 Å². The monoisotopic (exact) mass is 342 g/mol. The van der Waals surface area contributed by atoms with Crippen LogP contribution >= 0.6 is 0 Å². The molecule has 1 aliphatic rings. The number of hydrogen-bond acceptors (Lipinski definition) is 5. The summed E-state index contributed by atoms with van der Waals surface area (Å²) in [6.07, 6.45) is 1.59. The number of aliphatic hydroxyl groups excluding tert-OH is 1. The lowest BCUT2D eigenvalue weighted by molar-refractivity contribution is 0.0678. The molecule has 1 aromatic carbocycles. The Morgan fingerprint density at radius 2 is 2.17 bits per heavy atom. The number of aliphatic hydroxyl groups is 1. The molecule has 1 amide bonds. The molecule has 0 bridgehead atoms. The van der Waals surface area contributed by atoms with Crippen LogP contribution in [0, 0.1) is 0 Å². The van der Waals surface area contributed by atoms with Crippen LogP contribution in [0.15, 0.2) is 24.3 Å². The van der Waals surface area contributed by atoms with Gasteiger partial charge in [0.05, 0.1) is 36.3 Å². The summed E-state index contributed by atoms with van der Waals surface area (Å²) in [4.78, 5) is 14.3. The van der Waals surface area contributed by atoms with Crippen LogP contribution in [0.3, 0.4) is 0 Å². The van der Waals surface area contributed by atoms with Crippen LogP contribution in [0.2, 0.25) is 0 Å². The lowest BCUT2D eigenvalue weighted by Gasteiger charge is -2.24. The highest BCUT2D eigenvalue weighted by molar-refractivity contribution is 7.92. The van der Waals surface area contributed by atoms with Gasteiger partial charge in [-0.2, -0.15) is 0 Å². The highest BCUT2D eigenvalue weighted by atomic mass is 32.2. The molecule has 0 aromatic heterocycles. The lowest BCUT2D eigenvalue weighted by Crippen LogP contribution is -2.38. The zero-order chi connectivity index (χ0) is 16.9. The van der Waals surface area contributed by atoms with Gasteiger partial charge in [-0.25, -0.2) is 8.42 Å². The highest BCUT2D eigenvalue weighted by Crippen LogP contribution is 2.24. The van der Waals surface area contributed by atoms with Gasteiger partial charge in [-0.15, -0.1) is 0 Å². The van der Waals surface area contributed by atoms with Crippen molar-refractivity contribution in [2.24, 2.45) is 0 Å². The zero-order valence-electron chi connectivity index (χ0n) is 13.1. The number of hydrogen-bond donors (Lipinski definition) is 2. The molecule has 1 atom stereocenters. The Balaban J connectivity index is 2.22. The van der Waals surface area contributed by atoms with Gasteiger partial charge in [0, 0.05) is 13.7 Å². The first-order valence-corrected chi connectivity index (χ1v) is 9.14. The predicted molar refractivity (Wildman–Crippen MR) is 86.9 cm³/mol. The van der Waals surface area contributed by atoms with Crippen molar-refractivity contribution in [1.29, 1.82) is 0 Å². The summed E-state index contributed by atoms with van der Waals surface area (Å²) < 4.78 is 31.3. The summed E-state index contributed by atoms with van der Waals surface area (Å²) in [6, 6.07) is 6.29. The molecule has 0 radical (unpaired) electrons. The molecule has 23 heavy (non-hydrogen) atoms. The molecule has 1 heterocycles. The fraction of sp³-hybridized carbons (Fsp3) is 0.533. The molecule has 2 N–H and O–H groups in total. The number of methoxy groups -OCH3 is 1. The Labute approximate surface area is 136 Å². The van der Waals surface area contributed by atoms with Crippen LogP contribution in [0.1, 0.15) is 23.2 Å². The van der Waals surface area contributed by atoms with Crippen LogP contribution in [0.25, 0.3) is 0 Å². The summed E-state index contributed by atoms with van der Waals surface area (Å²) >= 11 is 0. The smallest absolute Gasteiger partial charge is 0.256 e. The predicted octanol–water partition coefficient (Wildman–Crippen LogP) is 0.672. The lowest BCUT2D eigenvalue weighted by atomic mass is 10.1. The first-order valence-electron chi connectivity index (χ1n) is 7.49. The van der Waals surface area contributed by atoms with Crippen molar-refractivity contribution in [1.82, 2.24) is 4.90 Å². The van der Waals surface area contributed by atoms with E-state index in [-0.39, 0.29) is 42.2 Å². The maximum absolute atomic E-state index is 12.7. The second-order valence-corrected chi connectivity index (χ2v) is 7.28. The molecule has 0 saturated carbocycles. The van der Waals surface area contributed by atoms with E-state index in [1.807, 2.05) is 0 Å². The zero-order valence-corrected chi connectivity index (χ0v) is 13.9. The number of rotatable bonds is 7. The molecule has 1 fully saturated rings. The minimum atomic E-state index is -3.59. The Morgan fingerprint density at radius 1 is 1.43 bits per heavy atom. The van der Waals surface area contributed by atoms with Crippen molar-refractivity contribution in [3.05, 3.63) is 29.8 Å². The Morgan fingerprint density at radius 3 is 2.87 bits per heavy atom. The quantitative estimate of drug-likeness (QED) is 0.759. The Kier molecular flexibility index (Phi) is 5.97. The molecule has 1 aliphatic heterocycles. The summed E-state index contributed by atoms with van der Waals surface area (Å²) in [5, 5.41) is 9.37. The molecular formula is C15H22N2O5S. The first kappa shape index (κ1) is 17.7. The van der Waals surface area contributed by atoms with Crippen molar-refractivity contribution in [3.8, 4) is 0 Å². The third kappa shape index (κ3) is 4.43. The van der Waals surface area contributed by atoms with Crippen molar-refractivity contribution in [2.45, 2.75) is 18.9 Å². The maximum Gasteiger partial charge on any atom is 0.256 e. The summed E-state index contributed by atoms with van der Waals surface area (Å²) in [7, 11) is -2.16. The molecule has 7 nitrogen and oxygen atoms in total. The number of likely N-dealkylation sites (tertiary alicyclic amines) is 1. The number of nitrogens with one attached hydrogen (secondary N) is 1. The number of amides is 1. The number of carbonyl (C=O) groups excluding carboxylic acids is 1. The second kappa shape index (κ2) is 7.76. The molecule has 1 saturated heterocycles. The Hall–Kier alpha value is -1.64. The fourth-order valence-corrected chi connectivity index (χ4v) is 3.62. The van der Waals surface area contributed by atoms with Crippen LogP contribution < -0.4 is 4.72 Å². The van der Waals surface area contributed by atoms with Crippen LogP contribution in [-0.2, 0) is 14.8 Å². The van der Waals surface area contributed by atoms with E-state index in [2.05, 4.69) is 4.72 Å².